The van der Waals surface area contributed by atoms with E-state index in [1.807, 2.05) is 0 Å². The van der Waals surface area contributed by atoms with Gasteiger partial charge in [-0.1, -0.05) is 13.0 Å². The van der Waals surface area contributed by atoms with Crippen molar-refractivity contribution in [2.24, 2.45) is 5.92 Å². The van der Waals surface area contributed by atoms with E-state index >= 15 is 0 Å². The van der Waals surface area contributed by atoms with Crippen LogP contribution in [-0.2, 0) is 14.8 Å². The predicted octanol–water partition coefficient (Wildman–Crippen LogP) is 1.18. The van der Waals surface area contributed by atoms with Crippen molar-refractivity contribution in [3.8, 4) is 5.75 Å². The first-order chi connectivity index (χ1) is 9.37. The fourth-order valence-electron chi connectivity index (χ4n) is 2.44. The molecule has 2 rings (SSSR count). The van der Waals surface area contributed by atoms with Gasteiger partial charge in [0.2, 0.25) is 10.0 Å². The molecule has 0 saturated carbocycles. The van der Waals surface area contributed by atoms with Crippen molar-refractivity contribution in [2.75, 3.05) is 13.7 Å². The Balaban J connectivity index is 2.41. The number of rotatable bonds is 4. The molecule has 1 aliphatic heterocycles. The maximum absolute atomic E-state index is 12.6. The van der Waals surface area contributed by atoms with E-state index in [2.05, 4.69) is 0 Å². The van der Waals surface area contributed by atoms with Gasteiger partial charge >= 0.3 is 5.97 Å². The summed E-state index contributed by atoms with van der Waals surface area (Å²) in [4.78, 5) is 11.3. The fourth-order valence-corrected chi connectivity index (χ4v) is 4.17. The normalized spacial score (nSPS) is 23.7. The summed E-state index contributed by atoms with van der Waals surface area (Å²) in [6, 6.07) is 5.05. The lowest BCUT2D eigenvalue weighted by molar-refractivity contribution is -0.141. The zero-order valence-corrected chi connectivity index (χ0v) is 12.1. The van der Waals surface area contributed by atoms with E-state index in [-0.39, 0.29) is 17.4 Å². The molecule has 7 heteroatoms. The van der Waals surface area contributed by atoms with E-state index in [0.717, 1.165) is 4.31 Å². The second kappa shape index (κ2) is 5.41. The van der Waals surface area contributed by atoms with Crippen molar-refractivity contribution in [1.82, 2.24) is 4.31 Å². The van der Waals surface area contributed by atoms with E-state index in [0.29, 0.717) is 12.2 Å². The van der Waals surface area contributed by atoms with Crippen molar-refractivity contribution < 1.29 is 23.1 Å². The number of sulfonamides is 1. The smallest absolute Gasteiger partial charge is 0.322 e. The molecule has 0 amide bonds. The molecule has 1 heterocycles. The fraction of sp³-hybridized carbons (Fsp3) is 0.462. The Morgan fingerprint density at radius 3 is 2.75 bits per heavy atom. The van der Waals surface area contributed by atoms with Crippen LogP contribution in [0.3, 0.4) is 0 Å². The van der Waals surface area contributed by atoms with Crippen LogP contribution in [0.1, 0.15) is 13.3 Å². The van der Waals surface area contributed by atoms with Crippen molar-refractivity contribution in [1.29, 1.82) is 0 Å². The largest absolute Gasteiger partial charge is 0.497 e. The van der Waals surface area contributed by atoms with Crippen molar-refractivity contribution >= 4 is 16.0 Å². The van der Waals surface area contributed by atoms with Crippen molar-refractivity contribution in [2.45, 2.75) is 24.3 Å². The van der Waals surface area contributed by atoms with Crippen LogP contribution < -0.4 is 4.74 Å². The quantitative estimate of drug-likeness (QED) is 0.902. The van der Waals surface area contributed by atoms with Crippen molar-refractivity contribution in [3.05, 3.63) is 24.3 Å². The third kappa shape index (κ3) is 2.51. The second-order valence-corrected chi connectivity index (χ2v) is 6.73. The number of nitrogens with zero attached hydrogens (tertiary/aromatic N) is 1. The molecule has 6 nitrogen and oxygen atoms in total. The van der Waals surface area contributed by atoms with Gasteiger partial charge in [-0.05, 0) is 24.5 Å². The maximum Gasteiger partial charge on any atom is 0.322 e. The van der Waals surface area contributed by atoms with Gasteiger partial charge in [0.25, 0.3) is 0 Å². The minimum Gasteiger partial charge on any atom is -0.497 e. The number of methoxy groups -OCH3 is 1. The summed E-state index contributed by atoms with van der Waals surface area (Å²) in [5.74, 6) is -0.889. The Labute approximate surface area is 118 Å². The lowest BCUT2D eigenvalue weighted by Gasteiger charge is -2.23. The summed E-state index contributed by atoms with van der Waals surface area (Å²) >= 11 is 0. The molecule has 20 heavy (non-hydrogen) atoms. The van der Waals surface area contributed by atoms with Gasteiger partial charge in [0.05, 0.1) is 12.0 Å². The average molecular weight is 299 g/mol. The van der Waals surface area contributed by atoms with E-state index < -0.39 is 22.0 Å². The number of carboxylic acids is 1. The average Bonchev–Trinajstić information content (AvgIpc) is 2.81. The van der Waals surface area contributed by atoms with Crippen LogP contribution in [-0.4, -0.2) is 43.5 Å². The lowest BCUT2D eigenvalue weighted by atomic mass is 10.0. The lowest BCUT2D eigenvalue weighted by Crippen LogP contribution is -2.42. The molecule has 2 unspecified atom stereocenters. The zero-order chi connectivity index (χ0) is 14.9. The molecule has 0 aromatic heterocycles. The molecule has 1 aromatic rings. The highest BCUT2D eigenvalue weighted by atomic mass is 32.2. The van der Waals surface area contributed by atoms with Gasteiger partial charge in [0.15, 0.2) is 0 Å². The highest BCUT2D eigenvalue weighted by Crippen LogP contribution is 2.31. The summed E-state index contributed by atoms with van der Waals surface area (Å²) in [5, 5.41) is 9.23. The number of ether oxygens (including phenoxy) is 1. The van der Waals surface area contributed by atoms with Crippen LogP contribution >= 0.6 is 0 Å². The van der Waals surface area contributed by atoms with Crippen LogP contribution in [0.2, 0.25) is 0 Å². The summed E-state index contributed by atoms with van der Waals surface area (Å²) in [6.07, 6.45) is 0.542. The SMILES string of the molecule is COc1cccc(S(=O)(=O)N2CCC(C)C2C(=O)O)c1. The second-order valence-electron chi connectivity index (χ2n) is 4.84. The molecule has 0 radical (unpaired) electrons. The molecule has 1 N–H and O–H groups in total. The number of carboxylic acid groups (broad SMARTS) is 1. The number of hydrogen-bond acceptors (Lipinski definition) is 4. The van der Waals surface area contributed by atoms with Crippen molar-refractivity contribution in [3.63, 3.8) is 0 Å². The van der Waals surface area contributed by atoms with Crippen LogP contribution in [0, 0.1) is 5.92 Å². The molecule has 0 spiro atoms. The number of carbonyl (C=O) groups is 1. The van der Waals surface area contributed by atoms with E-state index in [9.17, 15) is 18.3 Å². The molecule has 0 bridgehead atoms. The first-order valence-electron chi connectivity index (χ1n) is 6.26. The Hall–Kier alpha value is -1.60. The Kier molecular flexibility index (Phi) is 4.01. The van der Waals surface area contributed by atoms with Gasteiger partial charge in [0.1, 0.15) is 11.8 Å². The van der Waals surface area contributed by atoms with Gasteiger partial charge in [-0.2, -0.15) is 4.31 Å². The number of hydrogen-bond donors (Lipinski definition) is 1. The Bertz CT molecular complexity index is 613. The summed E-state index contributed by atoms with van der Waals surface area (Å²) < 4.78 is 31.2. The highest BCUT2D eigenvalue weighted by molar-refractivity contribution is 7.89. The summed E-state index contributed by atoms with van der Waals surface area (Å²) in [7, 11) is -2.38. The van der Waals surface area contributed by atoms with Crippen LogP contribution in [0.15, 0.2) is 29.2 Å². The molecule has 1 saturated heterocycles. The standard InChI is InChI=1S/C13H17NO5S/c1-9-6-7-14(12(9)13(15)16)20(17,18)11-5-3-4-10(8-11)19-2/h3-5,8-9,12H,6-7H2,1-2H3,(H,15,16). The van der Waals surface area contributed by atoms with Crippen LogP contribution in [0.5, 0.6) is 5.75 Å². The molecule has 1 fully saturated rings. The molecule has 2 atom stereocenters. The highest BCUT2D eigenvalue weighted by Gasteiger charge is 2.43. The van der Waals surface area contributed by atoms with E-state index in [4.69, 9.17) is 4.74 Å². The minimum absolute atomic E-state index is 0.0530. The van der Waals surface area contributed by atoms with Gasteiger partial charge in [-0.15, -0.1) is 0 Å². The molecule has 1 aliphatic rings. The third-order valence-electron chi connectivity index (χ3n) is 3.55. The minimum atomic E-state index is -3.83. The van der Waals surface area contributed by atoms with E-state index in [1.165, 1.54) is 19.2 Å². The zero-order valence-electron chi connectivity index (χ0n) is 11.3. The summed E-state index contributed by atoms with van der Waals surface area (Å²) in [6.45, 7) is 1.97. The maximum atomic E-state index is 12.6. The monoisotopic (exact) mass is 299 g/mol. The van der Waals surface area contributed by atoms with Crippen LogP contribution in [0.4, 0.5) is 0 Å². The van der Waals surface area contributed by atoms with Gasteiger partial charge in [0, 0.05) is 12.6 Å². The first-order valence-corrected chi connectivity index (χ1v) is 7.70. The molecular formula is C13H17NO5S. The Morgan fingerprint density at radius 1 is 1.45 bits per heavy atom. The molecule has 0 aliphatic carbocycles. The number of benzene rings is 1. The van der Waals surface area contributed by atoms with E-state index in [1.54, 1.807) is 19.1 Å². The van der Waals surface area contributed by atoms with Gasteiger partial charge < -0.3 is 9.84 Å². The Morgan fingerprint density at radius 2 is 2.15 bits per heavy atom. The number of aliphatic carboxylic acids is 1. The molecular weight excluding hydrogens is 282 g/mol. The topological polar surface area (TPSA) is 83.9 Å². The van der Waals surface area contributed by atoms with Gasteiger partial charge in [-0.3, -0.25) is 4.79 Å². The third-order valence-corrected chi connectivity index (χ3v) is 5.43. The molecule has 110 valence electrons. The summed E-state index contributed by atoms with van der Waals surface area (Å²) in [5.41, 5.74) is 0. The van der Waals surface area contributed by atoms with Gasteiger partial charge in [-0.25, -0.2) is 8.42 Å². The molecule has 1 aromatic carbocycles. The van der Waals surface area contributed by atoms with Crippen LogP contribution in [0.25, 0.3) is 0 Å². The predicted molar refractivity (Wildman–Crippen MR) is 72.1 cm³/mol. The first kappa shape index (κ1) is 14.8.